The van der Waals surface area contributed by atoms with Crippen molar-refractivity contribution >= 4 is 11.6 Å². The third-order valence-corrected chi connectivity index (χ3v) is 5.30. The molecule has 9 heteroatoms. The summed E-state index contributed by atoms with van der Waals surface area (Å²) in [5, 5.41) is 16.9. The van der Waals surface area contributed by atoms with E-state index >= 15 is 0 Å². The third-order valence-electron chi connectivity index (χ3n) is 5.30. The van der Waals surface area contributed by atoms with E-state index in [1.165, 1.54) is 18.2 Å². The summed E-state index contributed by atoms with van der Waals surface area (Å²) in [5.41, 5.74) is 0.794. The molecule has 152 valence electrons. The molecule has 0 radical (unpaired) electrons. The molecular weight excluding hydrogens is 375 g/mol. The maximum absolute atomic E-state index is 13.3. The van der Waals surface area contributed by atoms with Crippen molar-refractivity contribution in [1.29, 1.82) is 0 Å². The average molecular weight is 398 g/mol. The molecule has 2 atom stereocenters. The van der Waals surface area contributed by atoms with E-state index in [2.05, 4.69) is 20.3 Å². The Balaban J connectivity index is 1.42. The molecule has 1 fully saturated rings. The number of aliphatic hydroxyl groups is 1. The molecule has 0 saturated carbocycles. The highest BCUT2D eigenvalue weighted by atomic mass is 19.1. The number of likely N-dealkylation sites (tertiary alicyclic amines) is 1. The molecule has 1 aliphatic rings. The first-order chi connectivity index (χ1) is 14.0. The number of aryl methyl sites for hydroxylation is 1. The lowest BCUT2D eigenvalue weighted by molar-refractivity contribution is 0.102. The van der Waals surface area contributed by atoms with Gasteiger partial charge in [0, 0.05) is 43.8 Å². The van der Waals surface area contributed by atoms with Crippen LogP contribution in [-0.4, -0.2) is 54.4 Å². The topological polar surface area (TPSA) is 88.2 Å². The molecule has 0 unspecified atom stereocenters. The smallest absolute Gasteiger partial charge is 0.255 e. The summed E-state index contributed by atoms with van der Waals surface area (Å²) in [4.78, 5) is 18.8. The molecule has 2 aromatic heterocycles. The van der Waals surface area contributed by atoms with Gasteiger partial charge in [-0.25, -0.2) is 9.37 Å². The summed E-state index contributed by atoms with van der Waals surface area (Å²) in [7, 11) is 1.95. The number of aliphatic hydroxyl groups excluding tert-OH is 1. The lowest BCUT2D eigenvalue weighted by Gasteiger charge is -2.21. The van der Waals surface area contributed by atoms with Gasteiger partial charge in [-0.3, -0.25) is 14.4 Å². The number of carbonyl (C=O) groups is 1. The maximum atomic E-state index is 13.3. The summed E-state index contributed by atoms with van der Waals surface area (Å²) in [6.07, 6.45) is 7.75. The van der Waals surface area contributed by atoms with Crippen molar-refractivity contribution in [2.45, 2.75) is 25.0 Å². The number of aromatic nitrogens is 4. The van der Waals surface area contributed by atoms with E-state index in [4.69, 9.17) is 0 Å². The van der Waals surface area contributed by atoms with E-state index in [1.54, 1.807) is 24.7 Å². The van der Waals surface area contributed by atoms with Crippen LogP contribution in [-0.2, 0) is 13.6 Å². The Bertz CT molecular complexity index is 1000. The standard InChI is InChI=1S/C20H23FN6O2/c1-25-6-5-22-19(25)12-26-11-17(8-18(26)13-28)27-10-16(9-23-27)24-20(29)14-3-2-4-15(21)7-14/h2-7,9-10,17-18,28H,8,11-13H2,1H3,(H,24,29)/t17-,18-/m0/s1. The van der Waals surface area contributed by atoms with Crippen molar-refractivity contribution in [3.05, 3.63) is 66.3 Å². The van der Waals surface area contributed by atoms with Gasteiger partial charge in [0.1, 0.15) is 11.6 Å². The Morgan fingerprint density at radius 3 is 3.00 bits per heavy atom. The van der Waals surface area contributed by atoms with Crippen LogP contribution in [0.5, 0.6) is 0 Å². The number of hydrogen-bond acceptors (Lipinski definition) is 5. The molecule has 0 spiro atoms. The van der Waals surface area contributed by atoms with E-state index < -0.39 is 5.82 Å². The van der Waals surface area contributed by atoms with Crippen LogP contribution in [0.15, 0.2) is 49.1 Å². The summed E-state index contributed by atoms with van der Waals surface area (Å²) in [6, 6.07) is 5.64. The first-order valence-electron chi connectivity index (χ1n) is 9.45. The Kier molecular flexibility index (Phi) is 5.41. The number of imidazole rings is 1. The van der Waals surface area contributed by atoms with Crippen molar-refractivity contribution in [2.75, 3.05) is 18.5 Å². The van der Waals surface area contributed by atoms with Crippen molar-refractivity contribution in [3.8, 4) is 0 Å². The Morgan fingerprint density at radius 2 is 2.28 bits per heavy atom. The summed E-state index contributed by atoms with van der Waals surface area (Å²) >= 11 is 0. The molecular formula is C20H23FN6O2. The van der Waals surface area contributed by atoms with Crippen LogP contribution in [0.3, 0.4) is 0 Å². The number of hydrogen-bond donors (Lipinski definition) is 2. The average Bonchev–Trinajstić information content (AvgIpc) is 3.43. The number of halogens is 1. The van der Waals surface area contributed by atoms with Crippen molar-refractivity contribution in [3.63, 3.8) is 0 Å². The van der Waals surface area contributed by atoms with Crippen LogP contribution >= 0.6 is 0 Å². The molecule has 0 bridgehead atoms. The highest BCUT2D eigenvalue weighted by molar-refractivity contribution is 6.04. The Morgan fingerprint density at radius 1 is 1.41 bits per heavy atom. The second-order valence-electron chi connectivity index (χ2n) is 7.28. The summed E-state index contributed by atoms with van der Waals surface area (Å²) in [6.45, 7) is 1.43. The van der Waals surface area contributed by atoms with E-state index in [1.807, 2.05) is 22.5 Å². The summed E-state index contributed by atoms with van der Waals surface area (Å²) in [5.74, 6) is 0.0925. The minimum absolute atomic E-state index is 0.0197. The van der Waals surface area contributed by atoms with Gasteiger partial charge in [0.15, 0.2) is 0 Å². The molecule has 1 aliphatic heterocycles. The SMILES string of the molecule is Cn1ccnc1CN1C[C@@H](n2cc(NC(=O)c3cccc(F)c3)cn2)C[C@H]1CO. The van der Waals surface area contributed by atoms with E-state index in [0.717, 1.165) is 18.8 Å². The zero-order valence-electron chi connectivity index (χ0n) is 16.1. The molecule has 1 saturated heterocycles. The predicted molar refractivity (Wildman–Crippen MR) is 105 cm³/mol. The number of nitrogens with one attached hydrogen (secondary N) is 1. The number of carbonyl (C=O) groups excluding carboxylic acids is 1. The van der Waals surface area contributed by atoms with Gasteiger partial charge in [0.05, 0.1) is 31.1 Å². The molecule has 1 aromatic carbocycles. The van der Waals surface area contributed by atoms with Gasteiger partial charge in [-0.1, -0.05) is 6.07 Å². The normalized spacial score (nSPS) is 19.6. The van der Waals surface area contributed by atoms with Gasteiger partial charge in [-0.05, 0) is 24.6 Å². The molecule has 4 rings (SSSR count). The fraction of sp³-hybridized carbons (Fsp3) is 0.350. The van der Waals surface area contributed by atoms with Gasteiger partial charge < -0.3 is 15.0 Å². The van der Waals surface area contributed by atoms with Crippen LogP contribution in [0, 0.1) is 5.82 Å². The van der Waals surface area contributed by atoms with Gasteiger partial charge >= 0.3 is 0 Å². The Hall–Kier alpha value is -3.04. The minimum Gasteiger partial charge on any atom is -0.395 e. The third kappa shape index (κ3) is 4.20. The van der Waals surface area contributed by atoms with E-state index in [-0.39, 0.29) is 30.2 Å². The van der Waals surface area contributed by atoms with Crippen LogP contribution in [0.2, 0.25) is 0 Å². The highest BCUT2D eigenvalue weighted by Gasteiger charge is 2.33. The fourth-order valence-electron chi connectivity index (χ4n) is 3.70. The largest absolute Gasteiger partial charge is 0.395 e. The number of nitrogens with zero attached hydrogens (tertiary/aromatic N) is 5. The molecule has 2 N–H and O–H groups in total. The maximum Gasteiger partial charge on any atom is 0.255 e. The van der Waals surface area contributed by atoms with E-state index in [9.17, 15) is 14.3 Å². The minimum atomic E-state index is -0.456. The molecule has 0 aliphatic carbocycles. The number of amides is 1. The van der Waals surface area contributed by atoms with Crippen molar-refractivity contribution in [1.82, 2.24) is 24.2 Å². The van der Waals surface area contributed by atoms with Gasteiger partial charge in [0.2, 0.25) is 0 Å². The zero-order valence-corrected chi connectivity index (χ0v) is 16.1. The number of anilines is 1. The highest BCUT2D eigenvalue weighted by Crippen LogP contribution is 2.28. The van der Waals surface area contributed by atoms with Crippen LogP contribution < -0.4 is 5.32 Å². The first kappa shape index (κ1) is 19.3. The lowest BCUT2D eigenvalue weighted by Crippen LogP contribution is -2.32. The molecule has 3 aromatic rings. The molecule has 3 heterocycles. The van der Waals surface area contributed by atoms with Crippen LogP contribution in [0.25, 0.3) is 0 Å². The fourth-order valence-corrected chi connectivity index (χ4v) is 3.70. The monoisotopic (exact) mass is 398 g/mol. The second kappa shape index (κ2) is 8.14. The van der Waals surface area contributed by atoms with Crippen LogP contribution in [0.4, 0.5) is 10.1 Å². The number of benzene rings is 1. The first-order valence-corrected chi connectivity index (χ1v) is 9.45. The summed E-state index contributed by atoms with van der Waals surface area (Å²) < 4.78 is 17.1. The van der Waals surface area contributed by atoms with Gasteiger partial charge in [-0.15, -0.1) is 0 Å². The van der Waals surface area contributed by atoms with Crippen molar-refractivity contribution < 1.29 is 14.3 Å². The Labute approximate surface area is 167 Å². The second-order valence-corrected chi connectivity index (χ2v) is 7.28. The van der Waals surface area contributed by atoms with Crippen molar-refractivity contribution in [2.24, 2.45) is 7.05 Å². The predicted octanol–water partition coefficient (Wildman–Crippen LogP) is 1.82. The van der Waals surface area contributed by atoms with E-state index in [0.29, 0.717) is 12.2 Å². The van der Waals surface area contributed by atoms with Crippen LogP contribution in [0.1, 0.15) is 28.6 Å². The molecule has 29 heavy (non-hydrogen) atoms. The lowest BCUT2D eigenvalue weighted by atomic mass is 10.2. The zero-order chi connectivity index (χ0) is 20.4. The molecule has 1 amide bonds. The molecule has 8 nitrogen and oxygen atoms in total. The number of rotatable bonds is 6. The van der Waals surface area contributed by atoms with Gasteiger partial charge in [-0.2, -0.15) is 5.10 Å². The van der Waals surface area contributed by atoms with Gasteiger partial charge in [0.25, 0.3) is 5.91 Å². The quantitative estimate of drug-likeness (QED) is 0.661.